The summed E-state index contributed by atoms with van der Waals surface area (Å²) in [6.45, 7) is 2.87. The van der Waals surface area contributed by atoms with E-state index in [4.69, 9.17) is 0 Å². The monoisotopic (exact) mass is 326 g/mol. The number of likely N-dealkylation sites (tertiary alicyclic amines) is 1. The molecule has 3 nitrogen and oxygen atoms in total. The summed E-state index contributed by atoms with van der Waals surface area (Å²) in [4.78, 5) is 15.6. The molecule has 23 heavy (non-hydrogen) atoms. The summed E-state index contributed by atoms with van der Waals surface area (Å²) in [6, 6.07) is 14.7. The highest BCUT2D eigenvalue weighted by molar-refractivity contribution is 7.10. The van der Waals surface area contributed by atoms with Crippen molar-refractivity contribution in [3.63, 3.8) is 0 Å². The molecule has 0 aliphatic carbocycles. The molecule has 3 rings (SSSR count). The summed E-state index contributed by atoms with van der Waals surface area (Å²) in [5.41, 5.74) is 1.27. The standard InChI is InChI=1S/C19H22N2OS/c22-19(11-10-17-9-6-14-23-17)20-15-18(21-12-4-5-13-21)16-7-2-1-3-8-16/h1-3,6-11,14,18H,4-5,12-13,15H2,(H,20,22)/b11-10+. The van der Waals surface area contributed by atoms with Gasteiger partial charge in [0.25, 0.3) is 0 Å². The van der Waals surface area contributed by atoms with Crippen molar-refractivity contribution >= 4 is 23.3 Å². The Hall–Kier alpha value is -1.91. The molecule has 1 atom stereocenters. The minimum Gasteiger partial charge on any atom is -0.351 e. The van der Waals surface area contributed by atoms with Crippen LogP contribution in [0.15, 0.2) is 53.9 Å². The first-order valence-electron chi connectivity index (χ1n) is 8.11. The third-order valence-electron chi connectivity index (χ3n) is 4.18. The Labute approximate surface area is 141 Å². The number of rotatable bonds is 6. The third kappa shape index (κ3) is 4.53. The van der Waals surface area contributed by atoms with Crippen molar-refractivity contribution in [2.24, 2.45) is 0 Å². The van der Waals surface area contributed by atoms with Crippen LogP contribution in [0.4, 0.5) is 0 Å². The molecule has 1 amide bonds. The zero-order valence-corrected chi connectivity index (χ0v) is 14.0. The Morgan fingerprint density at radius 1 is 1.17 bits per heavy atom. The van der Waals surface area contributed by atoms with E-state index in [0.717, 1.165) is 18.0 Å². The Morgan fingerprint density at radius 3 is 2.65 bits per heavy atom. The largest absolute Gasteiger partial charge is 0.351 e. The Balaban J connectivity index is 1.61. The van der Waals surface area contributed by atoms with E-state index >= 15 is 0 Å². The van der Waals surface area contributed by atoms with Crippen LogP contribution in [0.1, 0.15) is 29.3 Å². The molecule has 0 spiro atoms. The fraction of sp³-hybridized carbons (Fsp3) is 0.316. The molecule has 1 fully saturated rings. The second-order valence-electron chi connectivity index (χ2n) is 5.76. The smallest absolute Gasteiger partial charge is 0.244 e. The summed E-state index contributed by atoms with van der Waals surface area (Å²) in [6.07, 6.45) is 5.98. The van der Waals surface area contributed by atoms with Gasteiger partial charge in [0.15, 0.2) is 0 Å². The second-order valence-corrected chi connectivity index (χ2v) is 6.74. The first kappa shape index (κ1) is 16.0. The van der Waals surface area contributed by atoms with Crippen molar-refractivity contribution in [2.75, 3.05) is 19.6 Å². The van der Waals surface area contributed by atoms with E-state index in [1.165, 1.54) is 18.4 Å². The van der Waals surface area contributed by atoms with Gasteiger partial charge in [-0.15, -0.1) is 11.3 Å². The van der Waals surface area contributed by atoms with E-state index < -0.39 is 0 Å². The fourth-order valence-corrected chi connectivity index (χ4v) is 3.60. The van der Waals surface area contributed by atoms with Gasteiger partial charge >= 0.3 is 0 Å². The van der Waals surface area contributed by atoms with Crippen molar-refractivity contribution in [3.05, 3.63) is 64.4 Å². The number of benzene rings is 1. The lowest BCUT2D eigenvalue weighted by Gasteiger charge is -2.28. The van der Waals surface area contributed by atoms with Crippen LogP contribution in [0.5, 0.6) is 0 Å². The zero-order valence-electron chi connectivity index (χ0n) is 13.2. The van der Waals surface area contributed by atoms with E-state index in [0.29, 0.717) is 6.54 Å². The number of carbonyl (C=O) groups excluding carboxylic acids is 1. The average molecular weight is 326 g/mol. The maximum atomic E-state index is 12.1. The van der Waals surface area contributed by atoms with Crippen LogP contribution < -0.4 is 5.32 Å². The van der Waals surface area contributed by atoms with Gasteiger partial charge in [0.05, 0.1) is 6.04 Å². The topological polar surface area (TPSA) is 32.3 Å². The van der Waals surface area contributed by atoms with E-state index in [1.54, 1.807) is 17.4 Å². The summed E-state index contributed by atoms with van der Waals surface area (Å²) < 4.78 is 0. The Morgan fingerprint density at radius 2 is 1.96 bits per heavy atom. The molecule has 1 unspecified atom stereocenters. The summed E-state index contributed by atoms with van der Waals surface area (Å²) in [7, 11) is 0. The van der Waals surface area contributed by atoms with Crippen LogP contribution in [-0.4, -0.2) is 30.4 Å². The van der Waals surface area contributed by atoms with E-state index in [9.17, 15) is 4.79 Å². The lowest BCUT2D eigenvalue weighted by Crippen LogP contribution is -2.36. The minimum atomic E-state index is -0.0291. The van der Waals surface area contributed by atoms with Crippen molar-refractivity contribution < 1.29 is 4.79 Å². The molecule has 120 valence electrons. The predicted octanol–water partition coefficient (Wildman–Crippen LogP) is 3.71. The zero-order chi connectivity index (χ0) is 15.9. The molecule has 1 N–H and O–H groups in total. The van der Waals surface area contributed by atoms with Crippen molar-refractivity contribution in [1.82, 2.24) is 10.2 Å². The van der Waals surface area contributed by atoms with Gasteiger partial charge in [-0.05, 0) is 49.0 Å². The van der Waals surface area contributed by atoms with Crippen molar-refractivity contribution in [2.45, 2.75) is 18.9 Å². The Bertz CT molecular complexity index is 631. The van der Waals surface area contributed by atoms with E-state index in [-0.39, 0.29) is 11.9 Å². The van der Waals surface area contributed by atoms with Crippen molar-refractivity contribution in [3.8, 4) is 0 Å². The Kier molecular flexibility index (Phi) is 5.61. The lowest BCUT2D eigenvalue weighted by atomic mass is 10.1. The maximum Gasteiger partial charge on any atom is 0.244 e. The van der Waals surface area contributed by atoms with Gasteiger partial charge in [-0.1, -0.05) is 36.4 Å². The van der Waals surface area contributed by atoms with Crippen LogP contribution in [0.25, 0.3) is 6.08 Å². The van der Waals surface area contributed by atoms with Gasteiger partial charge in [-0.2, -0.15) is 0 Å². The molecule has 1 saturated heterocycles. The predicted molar refractivity (Wildman–Crippen MR) is 96.4 cm³/mol. The average Bonchev–Trinajstić information content (AvgIpc) is 3.28. The van der Waals surface area contributed by atoms with Gasteiger partial charge in [0.2, 0.25) is 5.91 Å². The molecule has 2 heterocycles. The number of carbonyl (C=O) groups is 1. The van der Waals surface area contributed by atoms with Crippen LogP contribution in [0.3, 0.4) is 0 Å². The molecule has 0 saturated carbocycles. The molecular weight excluding hydrogens is 304 g/mol. The lowest BCUT2D eigenvalue weighted by molar-refractivity contribution is -0.116. The molecule has 2 aromatic rings. The fourth-order valence-electron chi connectivity index (χ4n) is 2.99. The van der Waals surface area contributed by atoms with Gasteiger partial charge in [-0.3, -0.25) is 9.69 Å². The minimum absolute atomic E-state index is 0.0291. The normalized spacial score (nSPS) is 16.7. The quantitative estimate of drug-likeness (QED) is 0.821. The molecule has 1 aromatic carbocycles. The molecule has 0 bridgehead atoms. The molecular formula is C19H22N2OS. The first-order valence-corrected chi connectivity index (χ1v) is 8.99. The van der Waals surface area contributed by atoms with Crippen LogP contribution >= 0.6 is 11.3 Å². The summed E-state index contributed by atoms with van der Waals surface area (Å²) in [5.74, 6) is -0.0291. The van der Waals surface area contributed by atoms with Gasteiger partial charge < -0.3 is 5.32 Å². The van der Waals surface area contributed by atoms with Crippen LogP contribution in [-0.2, 0) is 4.79 Å². The van der Waals surface area contributed by atoms with Crippen LogP contribution in [0.2, 0.25) is 0 Å². The number of amides is 1. The highest BCUT2D eigenvalue weighted by atomic mass is 32.1. The number of thiophene rings is 1. The van der Waals surface area contributed by atoms with Gasteiger partial charge in [0, 0.05) is 17.5 Å². The maximum absolute atomic E-state index is 12.1. The van der Waals surface area contributed by atoms with E-state index in [1.807, 2.05) is 29.7 Å². The van der Waals surface area contributed by atoms with E-state index in [2.05, 4.69) is 34.5 Å². The first-order chi connectivity index (χ1) is 11.3. The second kappa shape index (κ2) is 8.09. The highest BCUT2D eigenvalue weighted by Gasteiger charge is 2.23. The van der Waals surface area contributed by atoms with Crippen LogP contribution in [0, 0.1) is 0 Å². The number of nitrogens with one attached hydrogen (secondary N) is 1. The van der Waals surface area contributed by atoms with Gasteiger partial charge in [0.1, 0.15) is 0 Å². The molecule has 4 heteroatoms. The molecule has 0 radical (unpaired) electrons. The molecule has 1 aliphatic heterocycles. The highest BCUT2D eigenvalue weighted by Crippen LogP contribution is 2.24. The molecule has 1 aliphatic rings. The number of nitrogens with zero attached hydrogens (tertiary/aromatic N) is 1. The van der Waals surface area contributed by atoms with Gasteiger partial charge in [-0.25, -0.2) is 0 Å². The SMILES string of the molecule is O=C(/C=C/c1cccs1)NCC(c1ccccc1)N1CCCC1. The summed E-state index contributed by atoms with van der Waals surface area (Å²) >= 11 is 1.63. The number of hydrogen-bond acceptors (Lipinski definition) is 3. The summed E-state index contributed by atoms with van der Waals surface area (Å²) in [5, 5.41) is 5.07. The third-order valence-corrected chi connectivity index (χ3v) is 5.02. The number of hydrogen-bond donors (Lipinski definition) is 1. The molecule has 1 aromatic heterocycles. The van der Waals surface area contributed by atoms with Crippen molar-refractivity contribution in [1.29, 1.82) is 0 Å².